The van der Waals surface area contributed by atoms with Gasteiger partial charge in [0.15, 0.2) is 0 Å². The van der Waals surface area contributed by atoms with Crippen molar-refractivity contribution in [2.24, 2.45) is 0 Å². The van der Waals surface area contributed by atoms with Crippen LogP contribution >= 0.6 is 11.3 Å². The molecule has 5 nitrogen and oxygen atoms in total. The van der Waals surface area contributed by atoms with Crippen LogP contribution in [0.3, 0.4) is 0 Å². The standard InChI is InChI=1S/C24H31N3O2S/c1-25(2)12-13-26(17-19-8-4-3-5-9-19)23(28)22-16-20-11-15-30-24(20)27(22)18-21-10-6-7-14-29-21/h3-5,8-9,11,15-16,21H,6-7,10,12-14,17-18H2,1-2H3/p+1/t21-/m1/s1. The molecule has 3 aromatic rings. The van der Waals surface area contributed by atoms with E-state index in [4.69, 9.17) is 4.74 Å². The van der Waals surface area contributed by atoms with E-state index in [2.05, 4.69) is 48.3 Å². The zero-order valence-electron chi connectivity index (χ0n) is 18.0. The largest absolute Gasteiger partial charge is 0.376 e. The van der Waals surface area contributed by atoms with Crippen molar-refractivity contribution >= 4 is 27.5 Å². The van der Waals surface area contributed by atoms with E-state index in [1.54, 1.807) is 11.3 Å². The summed E-state index contributed by atoms with van der Waals surface area (Å²) in [4.78, 5) is 18.3. The molecule has 0 saturated carbocycles. The molecule has 1 aliphatic heterocycles. The van der Waals surface area contributed by atoms with Gasteiger partial charge in [0.2, 0.25) is 0 Å². The van der Waals surface area contributed by atoms with Crippen LogP contribution in [0.4, 0.5) is 0 Å². The predicted octanol–water partition coefficient (Wildman–Crippen LogP) is 3.06. The molecule has 2 aromatic heterocycles. The Bertz CT molecular complexity index is 957. The van der Waals surface area contributed by atoms with Crippen LogP contribution in [0.5, 0.6) is 0 Å². The Balaban J connectivity index is 1.62. The highest BCUT2D eigenvalue weighted by Gasteiger charge is 2.25. The van der Waals surface area contributed by atoms with Gasteiger partial charge in [0.1, 0.15) is 10.5 Å². The zero-order valence-corrected chi connectivity index (χ0v) is 18.8. The summed E-state index contributed by atoms with van der Waals surface area (Å²) >= 11 is 1.71. The molecule has 6 heteroatoms. The minimum Gasteiger partial charge on any atom is -0.376 e. The van der Waals surface area contributed by atoms with Gasteiger partial charge in [-0.2, -0.15) is 0 Å². The second-order valence-corrected chi connectivity index (χ2v) is 9.37. The Hall–Kier alpha value is -2.15. The molecule has 0 aliphatic carbocycles. The second-order valence-electron chi connectivity index (χ2n) is 8.48. The van der Waals surface area contributed by atoms with Gasteiger partial charge in [-0.3, -0.25) is 4.79 Å². The van der Waals surface area contributed by atoms with E-state index in [-0.39, 0.29) is 12.0 Å². The van der Waals surface area contributed by atoms with Gasteiger partial charge in [-0.05, 0) is 42.3 Å². The number of nitrogens with one attached hydrogen (secondary N) is 1. The molecular weight excluding hydrogens is 394 g/mol. The van der Waals surface area contributed by atoms with Gasteiger partial charge in [-0.1, -0.05) is 30.3 Å². The number of hydrogen-bond donors (Lipinski definition) is 1. The van der Waals surface area contributed by atoms with Gasteiger partial charge in [-0.25, -0.2) is 0 Å². The van der Waals surface area contributed by atoms with Crippen LogP contribution in [0.15, 0.2) is 47.8 Å². The number of ether oxygens (including phenoxy) is 1. The van der Waals surface area contributed by atoms with Crippen LogP contribution in [0.1, 0.15) is 35.3 Å². The minimum atomic E-state index is 0.110. The Kier molecular flexibility index (Phi) is 6.87. The number of rotatable bonds is 8. The van der Waals surface area contributed by atoms with Crippen molar-refractivity contribution in [2.45, 2.75) is 38.5 Å². The maximum Gasteiger partial charge on any atom is 0.271 e. The molecular formula is C24H32N3O2S+. The number of nitrogens with zero attached hydrogens (tertiary/aromatic N) is 2. The van der Waals surface area contributed by atoms with Crippen molar-refractivity contribution in [3.05, 3.63) is 59.1 Å². The highest BCUT2D eigenvalue weighted by molar-refractivity contribution is 7.16. The lowest BCUT2D eigenvalue weighted by Gasteiger charge is -2.26. The normalized spacial score (nSPS) is 17.0. The fourth-order valence-electron chi connectivity index (χ4n) is 4.07. The van der Waals surface area contributed by atoms with E-state index in [1.165, 1.54) is 16.2 Å². The Morgan fingerprint density at radius 1 is 1.23 bits per heavy atom. The summed E-state index contributed by atoms with van der Waals surface area (Å²) < 4.78 is 8.21. The fraction of sp³-hybridized carbons (Fsp3) is 0.458. The third-order valence-electron chi connectivity index (χ3n) is 5.77. The van der Waals surface area contributed by atoms with Crippen LogP contribution in [-0.2, 0) is 17.8 Å². The number of benzene rings is 1. The summed E-state index contributed by atoms with van der Waals surface area (Å²) in [6, 6.07) is 14.5. The molecule has 0 bridgehead atoms. The predicted molar refractivity (Wildman–Crippen MR) is 122 cm³/mol. The first-order valence-corrected chi connectivity index (χ1v) is 11.8. The number of aromatic nitrogens is 1. The van der Waals surface area contributed by atoms with Gasteiger partial charge in [-0.15, -0.1) is 11.3 Å². The van der Waals surface area contributed by atoms with E-state index in [9.17, 15) is 4.79 Å². The average molecular weight is 427 g/mol. The number of fused-ring (bicyclic) bond motifs is 1. The topological polar surface area (TPSA) is 38.9 Å². The number of thiophene rings is 1. The van der Waals surface area contributed by atoms with Gasteiger partial charge in [0.05, 0.1) is 39.8 Å². The van der Waals surface area contributed by atoms with Crippen molar-refractivity contribution in [3.63, 3.8) is 0 Å². The summed E-state index contributed by atoms with van der Waals surface area (Å²) in [5, 5.41) is 3.26. The average Bonchev–Trinajstić information content (AvgIpc) is 3.35. The fourth-order valence-corrected chi connectivity index (χ4v) is 4.97. The van der Waals surface area contributed by atoms with Gasteiger partial charge in [0.25, 0.3) is 5.91 Å². The SMILES string of the molecule is C[NH+](C)CCN(Cc1ccccc1)C(=O)c1cc2ccsc2n1C[C@H]1CCCCO1. The lowest BCUT2D eigenvalue weighted by molar-refractivity contribution is -0.857. The molecule has 1 fully saturated rings. The smallest absolute Gasteiger partial charge is 0.271 e. The number of likely N-dealkylation sites (N-methyl/N-ethyl adjacent to an activating group) is 1. The monoisotopic (exact) mass is 426 g/mol. The van der Waals surface area contributed by atoms with Crippen LogP contribution in [0, 0.1) is 0 Å². The van der Waals surface area contributed by atoms with Crippen molar-refractivity contribution in [3.8, 4) is 0 Å². The van der Waals surface area contributed by atoms with Crippen molar-refractivity contribution in [1.29, 1.82) is 0 Å². The van der Waals surface area contributed by atoms with Crippen molar-refractivity contribution in [2.75, 3.05) is 33.8 Å². The van der Waals surface area contributed by atoms with E-state index in [0.717, 1.165) is 55.7 Å². The molecule has 1 saturated heterocycles. The first-order chi connectivity index (χ1) is 14.6. The third-order valence-corrected chi connectivity index (χ3v) is 6.72. The Morgan fingerprint density at radius 3 is 2.80 bits per heavy atom. The number of amides is 1. The molecule has 4 rings (SSSR count). The Morgan fingerprint density at radius 2 is 2.07 bits per heavy atom. The summed E-state index contributed by atoms with van der Waals surface area (Å²) in [5.74, 6) is 0.110. The van der Waals surface area contributed by atoms with Gasteiger partial charge < -0.3 is 19.1 Å². The molecule has 0 radical (unpaired) electrons. The van der Waals surface area contributed by atoms with E-state index < -0.39 is 0 Å². The van der Waals surface area contributed by atoms with Gasteiger partial charge >= 0.3 is 0 Å². The number of quaternary nitrogens is 1. The number of carbonyl (C=O) groups excluding carboxylic acids is 1. The zero-order chi connectivity index (χ0) is 20.9. The van der Waals surface area contributed by atoms with Crippen LogP contribution in [0.2, 0.25) is 0 Å². The first kappa shape index (κ1) is 21.1. The molecule has 0 unspecified atom stereocenters. The molecule has 160 valence electrons. The van der Waals surface area contributed by atoms with Crippen LogP contribution in [0.25, 0.3) is 10.2 Å². The molecule has 1 amide bonds. The summed E-state index contributed by atoms with van der Waals surface area (Å²) in [6.45, 7) is 3.86. The molecule has 1 N–H and O–H groups in total. The Labute approximate surface area is 182 Å². The molecule has 3 heterocycles. The van der Waals surface area contributed by atoms with Crippen molar-refractivity contribution < 1.29 is 14.4 Å². The van der Waals surface area contributed by atoms with E-state index in [0.29, 0.717) is 6.54 Å². The maximum absolute atomic E-state index is 13.8. The maximum atomic E-state index is 13.8. The van der Waals surface area contributed by atoms with E-state index in [1.807, 2.05) is 23.1 Å². The molecule has 30 heavy (non-hydrogen) atoms. The molecule has 1 aliphatic rings. The molecule has 1 aromatic carbocycles. The second kappa shape index (κ2) is 9.77. The highest BCUT2D eigenvalue weighted by atomic mass is 32.1. The van der Waals surface area contributed by atoms with Crippen LogP contribution in [-0.4, -0.2) is 55.3 Å². The minimum absolute atomic E-state index is 0.110. The summed E-state index contributed by atoms with van der Waals surface area (Å²) in [7, 11) is 4.26. The number of hydrogen-bond acceptors (Lipinski definition) is 3. The first-order valence-electron chi connectivity index (χ1n) is 10.9. The third kappa shape index (κ3) is 4.94. The summed E-state index contributed by atoms with van der Waals surface area (Å²) in [5.41, 5.74) is 1.95. The summed E-state index contributed by atoms with van der Waals surface area (Å²) in [6.07, 6.45) is 3.60. The quantitative estimate of drug-likeness (QED) is 0.601. The lowest BCUT2D eigenvalue weighted by atomic mass is 10.1. The van der Waals surface area contributed by atoms with E-state index >= 15 is 0 Å². The van der Waals surface area contributed by atoms with Crippen molar-refractivity contribution in [1.82, 2.24) is 9.47 Å². The molecule has 0 spiro atoms. The highest BCUT2D eigenvalue weighted by Crippen LogP contribution is 2.28. The number of carbonyl (C=O) groups is 1. The van der Waals surface area contributed by atoms with Crippen LogP contribution < -0.4 is 4.90 Å². The molecule has 1 atom stereocenters. The lowest BCUT2D eigenvalue weighted by Crippen LogP contribution is -3.06. The van der Waals surface area contributed by atoms with Gasteiger partial charge in [0, 0.05) is 18.5 Å².